The van der Waals surface area contributed by atoms with Crippen LogP contribution in [0.3, 0.4) is 0 Å². The Morgan fingerprint density at radius 1 is 1.00 bits per heavy atom. The van der Waals surface area contributed by atoms with Gasteiger partial charge < -0.3 is 4.48 Å². The Labute approximate surface area is 162 Å². The number of carbonyl (C=O) groups excluding carboxylic acids is 1. The van der Waals surface area contributed by atoms with E-state index in [0.717, 1.165) is 35.2 Å². The Kier molecular flexibility index (Phi) is 6.42. The third kappa shape index (κ3) is 5.05. The summed E-state index contributed by atoms with van der Waals surface area (Å²) in [5.41, 5.74) is 3.88. The van der Waals surface area contributed by atoms with Gasteiger partial charge in [0.2, 0.25) is 0 Å². The van der Waals surface area contributed by atoms with Crippen molar-refractivity contribution in [3.8, 4) is 6.07 Å². The number of ketones is 1. The van der Waals surface area contributed by atoms with Crippen molar-refractivity contribution < 1.29 is 9.28 Å². The zero-order chi connectivity index (χ0) is 19.1. The van der Waals surface area contributed by atoms with Crippen LogP contribution in [0.5, 0.6) is 0 Å². The van der Waals surface area contributed by atoms with E-state index in [1.54, 1.807) is 0 Å². The molecular formula is C24H29N2O+. The van der Waals surface area contributed by atoms with Crippen molar-refractivity contribution in [1.29, 1.82) is 5.26 Å². The number of carbonyl (C=O) groups is 1. The summed E-state index contributed by atoms with van der Waals surface area (Å²) in [4.78, 5) is 13.1. The molecule has 1 heterocycles. The molecule has 0 aromatic heterocycles. The third-order valence-electron chi connectivity index (χ3n) is 5.79. The van der Waals surface area contributed by atoms with Crippen LogP contribution in [-0.4, -0.2) is 29.9 Å². The highest BCUT2D eigenvalue weighted by atomic mass is 16.1. The van der Waals surface area contributed by atoms with Crippen LogP contribution in [-0.2, 0) is 17.8 Å². The van der Waals surface area contributed by atoms with Crippen LogP contribution in [0.1, 0.15) is 47.9 Å². The molecule has 2 aromatic rings. The summed E-state index contributed by atoms with van der Waals surface area (Å²) >= 11 is 0. The van der Waals surface area contributed by atoms with Gasteiger partial charge in [0.15, 0.2) is 5.78 Å². The number of aryl methyl sites for hydroxylation is 1. The van der Waals surface area contributed by atoms with Gasteiger partial charge in [-0.2, -0.15) is 5.26 Å². The molecule has 1 fully saturated rings. The lowest BCUT2D eigenvalue weighted by atomic mass is 9.97. The Morgan fingerprint density at radius 2 is 1.70 bits per heavy atom. The molecule has 140 valence electrons. The van der Waals surface area contributed by atoms with Crippen molar-refractivity contribution in [3.63, 3.8) is 0 Å². The normalized spacial score (nSPS) is 16.3. The molecule has 0 amide bonds. The van der Waals surface area contributed by atoms with E-state index in [1.165, 1.54) is 31.2 Å². The van der Waals surface area contributed by atoms with Crippen LogP contribution >= 0.6 is 0 Å². The minimum absolute atomic E-state index is 0.249. The molecule has 1 aliphatic rings. The minimum atomic E-state index is 0.249. The number of hydrogen-bond acceptors (Lipinski definition) is 2. The molecule has 3 nitrogen and oxygen atoms in total. The molecule has 0 bridgehead atoms. The van der Waals surface area contributed by atoms with Crippen molar-refractivity contribution in [1.82, 2.24) is 0 Å². The van der Waals surface area contributed by atoms with Gasteiger partial charge in [0, 0.05) is 12.0 Å². The van der Waals surface area contributed by atoms with Crippen molar-refractivity contribution >= 4 is 5.78 Å². The molecule has 0 N–H and O–H groups in total. The second-order valence-corrected chi connectivity index (χ2v) is 7.93. The molecule has 1 saturated heterocycles. The van der Waals surface area contributed by atoms with E-state index >= 15 is 0 Å². The number of Topliss-reactive ketones (excluding diaryl/α,β-unsaturated/α-hetero) is 1. The smallest absolute Gasteiger partial charge is 0.191 e. The Hall–Kier alpha value is -2.44. The zero-order valence-electron chi connectivity index (χ0n) is 16.3. The Bertz CT molecular complexity index is 812. The topological polar surface area (TPSA) is 40.9 Å². The fourth-order valence-electron chi connectivity index (χ4n) is 4.37. The molecule has 1 aliphatic heterocycles. The van der Waals surface area contributed by atoms with Crippen molar-refractivity contribution in [2.75, 3.05) is 19.6 Å². The van der Waals surface area contributed by atoms with Crippen molar-refractivity contribution in [2.45, 2.75) is 45.6 Å². The third-order valence-corrected chi connectivity index (χ3v) is 5.79. The van der Waals surface area contributed by atoms with Gasteiger partial charge in [0.25, 0.3) is 0 Å². The average Bonchev–Trinajstić information content (AvgIpc) is 2.89. The van der Waals surface area contributed by atoms with Gasteiger partial charge in [-0.25, -0.2) is 0 Å². The molecule has 0 atom stereocenters. The monoisotopic (exact) mass is 361 g/mol. The summed E-state index contributed by atoms with van der Waals surface area (Å²) in [6, 6.07) is 18.5. The predicted molar refractivity (Wildman–Crippen MR) is 108 cm³/mol. The summed E-state index contributed by atoms with van der Waals surface area (Å²) in [6.45, 7) is 5.61. The first-order valence-corrected chi connectivity index (χ1v) is 10.0. The molecule has 0 unspecified atom stereocenters. The first kappa shape index (κ1) is 19.3. The number of nitriles is 1. The first-order valence-electron chi connectivity index (χ1n) is 10.0. The highest BCUT2D eigenvalue weighted by Gasteiger charge is 2.32. The molecule has 3 heteroatoms. The van der Waals surface area contributed by atoms with E-state index < -0.39 is 0 Å². The summed E-state index contributed by atoms with van der Waals surface area (Å²) in [7, 11) is 0. The van der Waals surface area contributed by atoms with Crippen LogP contribution in [0.4, 0.5) is 0 Å². The van der Waals surface area contributed by atoms with Crippen LogP contribution in [0, 0.1) is 18.3 Å². The van der Waals surface area contributed by atoms with Gasteiger partial charge in [-0.05, 0) is 49.8 Å². The second kappa shape index (κ2) is 8.97. The number of nitrogens with zero attached hydrogens (tertiary/aromatic N) is 2. The Morgan fingerprint density at radius 3 is 2.37 bits per heavy atom. The summed E-state index contributed by atoms with van der Waals surface area (Å²) in [5.74, 6) is 0.249. The maximum Gasteiger partial charge on any atom is 0.191 e. The molecule has 2 aromatic carbocycles. The number of likely N-dealkylation sites (tertiary alicyclic amines) is 1. The first-order chi connectivity index (χ1) is 13.1. The number of hydrogen-bond donors (Lipinski definition) is 0. The second-order valence-electron chi connectivity index (χ2n) is 7.93. The molecule has 0 spiro atoms. The van der Waals surface area contributed by atoms with Crippen LogP contribution in [0.2, 0.25) is 0 Å². The van der Waals surface area contributed by atoms with E-state index in [0.29, 0.717) is 18.5 Å². The molecule has 0 saturated carbocycles. The fraction of sp³-hybridized carbons (Fsp3) is 0.417. The molecule has 3 rings (SSSR count). The minimum Gasteiger partial charge on any atom is -0.314 e. The van der Waals surface area contributed by atoms with E-state index in [4.69, 9.17) is 0 Å². The van der Waals surface area contributed by atoms with Crippen molar-refractivity contribution in [3.05, 3.63) is 70.8 Å². The van der Waals surface area contributed by atoms with E-state index in [-0.39, 0.29) is 5.78 Å². The fourth-order valence-corrected chi connectivity index (χ4v) is 4.37. The summed E-state index contributed by atoms with van der Waals surface area (Å²) in [6.07, 6.45) is 5.27. The number of quaternary nitrogens is 1. The Balaban J connectivity index is 1.80. The van der Waals surface area contributed by atoms with Crippen LogP contribution < -0.4 is 0 Å². The lowest BCUT2D eigenvalue weighted by molar-refractivity contribution is -0.932. The predicted octanol–water partition coefficient (Wildman–Crippen LogP) is 4.57. The van der Waals surface area contributed by atoms with Crippen LogP contribution in [0.25, 0.3) is 0 Å². The zero-order valence-corrected chi connectivity index (χ0v) is 16.3. The quantitative estimate of drug-likeness (QED) is 0.707. The number of benzene rings is 2. The highest BCUT2D eigenvalue weighted by Crippen LogP contribution is 2.23. The average molecular weight is 362 g/mol. The van der Waals surface area contributed by atoms with Crippen LogP contribution in [0.15, 0.2) is 48.5 Å². The molecule has 27 heavy (non-hydrogen) atoms. The van der Waals surface area contributed by atoms with Gasteiger partial charge in [-0.15, -0.1) is 0 Å². The van der Waals surface area contributed by atoms with Gasteiger partial charge in [-0.1, -0.05) is 42.5 Å². The standard InChI is InChI=1S/C24H29N2O/c1-20-10-9-13-22(17-25)24(20)16-23(27)19-26(14-7-2-3-8-15-26)18-21-11-5-4-6-12-21/h4-6,9-13H,2-3,7-8,14-16,18-19H2,1H3/q+1. The highest BCUT2D eigenvalue weighted by molar-refractivity contribution is 5.83. The summed E-state index contributed by atoms with van der Waals surface area (Å²) < 4.78 is 0.858. The molecule has 0 radical (unpaired) electrons. The lowest BCUT2D eigenvalue weighted by Crippen LogP contribution is -2.51. The van der Waals surface area contributed by atoms with Gasteiger partial charge >= 0.3 is 0 Å². The maximum atomic E-state index is 13.1. The maximum absolute atomic E-state index is 13.1. The van der Waals surface area contributed by atoms with E-state index in [2.05, 4.69) is 30.3 Å². The van der Waals surface area contributed by atoms with E-state index in [9.17, 15) is 10.1 Å². The summed E-state index contributed by atoms with van der Waals surface area (Å²) in [5, 5.41) is 9.39. The largest absolute Gasteiger partial charge is 0.314 e. The van der Waals surface area contributed by atoms with E-state index in [1.807, 2.05) is 31.2 Å². The molecule has 0 aliphatic carbocycles. The van der Waals surface area contributed by atoms with Gasteiger partial charge in [0.05, 0.1) is 24.7 Å². The van der Waals surface area contributed by atoms with Crippen molar-refractivity contribution in [2.24, 2.45) is 0 Å². The SMILES string of the molecule is Cc1cccc(C#N)c1CC(=O)C[N+]1(Cc2ccccc2)CCCCCC1. The molecular weight excluding hydrogens is 332 g/mol. The van der Waals surface area contributed by atoms with Gasteiger partial charge in [-0.3, -0.25) is 4.79 Å². The van der Waals surface area contributed by atoms with Gasteiger partial charge in [0.1, 0.15) is 13.1 Å². The lowest BCUT2D eigenvalue weighted by Gasteiger charge is -2.37. The number of rotatable bonds is 6.